The quantitative estimate of drug-likeness (QED) is 0.944. The number of hydrogen-bond acceptors (Lipinski definition) is 3. The van der Waals surface area contributed by atoms with Gasteiger partial charge >= 0.3 is 0 Å². The van der Waals surface area contributed by atoms with E-state index in [-0.39, 0.29) is 22.9 Å². The van der Waals surface area contributed by atoms with E-state index in [4.69, 9.17) is 16.0 Å². The fourth-order valence-electron chi connectivity index (χ4n) is 2.63. The highest BCUT2D eigenvalue weighted by atomic mass is 35.5. The average Bonchev–Trinajstić information content (AvgIpc) is 3.09. The third-order valence-corrected chi connectivity index (χ3v) is 3.86. The van der Waals surface area contributed by atoms with Crippen molar-refractivity contribution in [3.63, 3.8) is 0 Å². The molecule has 4 nitrogen and oxygen atoms in total. The Bertz CT molecular complexity index is 612. The Balaban J connectivity index is 1.52. The highest BCUT2D eigenvalue weighted by molar-refractivity contribution is 6.29. The molecule has 110 valence electrons. The zero-order valence-electron chi connectivity index (χ0n) is 11.6. The van der Waals surface area contributed by atoms with Crippen molar-refractivity contribution in [3.8, 4) is 0 Å². The summed E-state index contributed by atoms with van der Waals surface area (Å²) in [6.07, 6.45) is 0.951. The van der Waals surface area contributed by atoms with Gasteiger partial charge in [0.15, 0.2) is 11.0 Å². The Hall–Kier alpha value is -1.78. The first-order valence-electron chi connectivity index (χ1n) is 7.03. The molecule has 0 radical (unpaired) electrons. The molecule has 1 N–H and O–H groups in total. The Morgan fingerprint density at radius 3 is 2.81 bits per heavy atom. The second-order valence-electron chi connectivity index (χ2n) is 5.28. The fraction of sp³-hybridized carbons (Fsp3) is 0.312. The summed E-state index contributed by atoms with van der Waals surface area (Å²) in [5, 5.41) is 3.22. The second-order valence-corrected chi connectivity index (χ2v) is 5.66. The molecule has 5 heteroatoms. The van der Waals surface area contributed by atoms with Crippen LogP contribution in [0.25, 0.3) is 0 Å². The van der Waals surface area contributed by atoms with Gasteiger partial charge in [0.1, 0.15) is 0 Å². The van der Waals surface area contributed by atoms with Crippen LogP contribution in [0.1, 0.15) is 22.5 Å². The Labute approximate surface area is 128 Å². The summed E-state index contributed by atoms with van der Waals surface area (Å²) in [4.78, 5) is 14.3. The first-order chi connectivity index (χ1) is 10.2. The van der Waals surface area contributed by atoms with Crippen molar-refractivity contribution in [2.24, 2.45) is 0 Å². The van der Waals surface area contributed by atoms with Gasteiger partial charge in [-0.15, -0.1) is 0 Å². The van der Waals surface area contributed by atoms with E-state index in [1.54, 1.807) is 12.1 Å². The summed E-state index contributed by atoms with van der Waals surface area (Å²) < 4.78 is 5.12. The Kier molecular flexibility index (Phi) is 4.27. The molecule has 0 saturated carbocycles. The minimum Gasteiger partial charge on any atom is -0.440 e. The summed E-state index contributed by atoms with van der Waals surface area (Å²) >= 11 is 5.68. The van der Waals surface area contributed by atoms with E-state index in [1.165, 1.54) is 5.56 Å². The van der Waals surface area contributed by atoms with Gasteiger partial charge in [-0.3, -0.25) is 9.69 Å². The smallest absolute Gasteiger partial charge is 0.287 e. The van der Waals surface area contributed by atoms with Gasteiger partial charge in [0.2, 0.25) is 0 Å². The van der Waals surface area contributed by atoms with E-state index in [9.17, 15) is 4.79 Å². The van der Waals surface area contributed by atoms with Crippen LogP contribution in [0, 0.1) is 0 Å². The van der Waals surface area contributed by atoms with Gasteiger partial charge in [0.25, 0.3) is 5.91 Å². The number of halogens is 1. The zero-order valence-corrected chi connectivity index (χ0v) is 12.3. The molecule has 1 atom stereocenters. The molecular weight excluding hydrogens is 288 g/mol. The van der Waals surface area contributed by atoms with Crippen LogP contribution in [0.4, 0.5) is 0 Å². The standard InChI is InChI=1S/C16H17ClN2O2/c17-15-7-6-14(21-15)16(20)18-13-8-9-19(11-13)10-12-4-2-1-3-5-12/h1-7,13H,8-11H2,(H,18,20). The van der Waals surface area contributed by atoms with Crippen molar-refractivity contribution in [2.75, 3.05) is 13.1 Å². The molecule has 1 unspecified atom stereocenters. The maximum Gasteiger partial charge on any atom is 0.287 e. The van der Waals surface area contributed by atoms with Gasteiger partial charge < -0.3 is 9.73 Å². The fourth-order valence-corrected chi connectivity index (χ4v) is 2.77. The summed E-state index contributed by atoms with van der Waals surface area (Å²) in [6, 6.07) is 13.7. The minimum absolute atomic E-state index is 0.157. The lowest BCUT2D eigenvalue weighted by Crippen LogP contribution is -2.36. The normalized spacial score (nSPS) is 18.8. The zero-order chi connectivity index (χ0) is 14.7. The van der Waals surface area contributed by atoms with Crippen LogP contribution in [-0.2, 0) is 6.54 Å². The van der Waals surface area contributed by atoms with Crippen LogP contribution >= 0.6 is 11.6 Å². The summed E-state index contributed by atoms with van der Waals surface area (Å²) in [7, 11) is 0. The molecule has 0 spiro atoms. The maximum absolute atomic E-state index is 12.0. The van der Waals surface area contributed by atoms with E-state index in [0.717, 1.165) is 26.1 Å². The second kappa shape index (κ2) is 6.33. The van der Waals surface area contributed by atoms with Gasteiger partial charge in [-0.2, -0.15) is 0 Å². The van der Waals surface area contributed by atoms with Gasteiger partial charge in [0, 0.05) is 25.7 Å². The molecular formula is C16H17ClN2O2. The van der Waals surface area contributed by atoms with Crippen molar-refractivity contribution in [1.82, 2.24) is 10.2 Å². The van der Waals surface area contributed by atoms with Crippen molar-refractivity contribution < 1.29 is 9.21 Å². The summed E-state index contributed by atoms with van der Waals surface area (Å²) in [5.74, 6) is 0.0648. The van der Waals surface area contributed by atoms with Gasteiger partial charge in [-0.1, -0.05) is 30.3 Å². The number of furan rings is 1. The highest BCUT2D eigenvalue weighted by Crippen LogP contribution is 2.16. The number of nitrogens with zero attached hydrogens (tertiary/aromatic N) is 1. The van der Waals surface area contributed by atoms with Gasteiger partial charge in [-0.25, -0.2) is 0 Å². The predicted molar refractivity (Wildman–Crippen MR) is 81.3 cm³/mol. The van der Waals surface area contributed by atoms with Crippen molar-refractivity contribution in [3.05, 3.63) is 59.0 Å². The number of likely N-dealkylation sites (tertiary alicyclic amines) is 1. The van der Waals surface area contributed by atoms with Crippen LogP contribution < -0.4 is 5.32 Å². The molecule has 2 aromatic rings. The highest BCUT2D eigenvalue weighted by Gasteiger charge is 2.25. The maximum atomic E-state index is 12.0. The Morgan fingerprint density at radius 1 is 1.29 bits per heavy atom. The van der Waals surface area contributed by atoms with E-state index >= 15 is 0 Å². The van der Waals surface area contributed by atoms with E-state index < -0.39 is 0 Å². The number of nitrogens with one attached hydrogen (secondary N) is 1. The van der Waals surface area contributed by atoms with Gasteiger partial charge in [-0.05, 0) is 35.7 Å². The van der Waals surface area contributed by atoms with Crippen LogP contribution in [0.15, 0.2) is 46.9 Å². The molecule has 1 aliphatic rings. The van der Waals surface area contributed by atoms with Crippen molar-refractivity contribution in [1.29, 1.82) is 0 Å². The number of rotatable bonds is 4. The molecule has 1 saturated heterocycles. The van der Waals surface area contributed by atoms with Crippen LogP contribution in [-0.4, -0.2) is 29.9 Å². The minimum atomic E-state index is -0.200. The lowest BCUT2D eigenvalue weighted by molar-refractivity contribution is 0.0909. The SMILES string of the molecule is O=C(NC1CCN(Cc2ccccc2)C1)c1ccc(Cl)o1. The van der Waals surface area contributed by atoms with Gasteiger partial charge in [0.05, 0.1) is 0 Å². The molecule has 2 heterocycles. The van der Waals surface area contributed by atoms with Crippen LogP contribution in [0.2, 0.25) is 5.22 Å². The number of hydrogen-bond donors (Lipinski definition) is 1. The van der Waals surface area contributed by atoms with Crippen molar-refractivity contribution >= 4 is 17.5 Å². The lowest BCUT2D eigenvalue weighted by Gasteiger charge is -2.16. The molecule has 0 aliphatic carbocycles. The topological polar surface area (TPSA) is 45.5 Å². The first-order valence-corrected chi connectivity index (χ1v) is 7.41. The number of carbonyl (C=O) groups excluding carboxylic acids is 1. The van der Waals surface area contributed by atoms with Crippen LogP contribution in [0.3, 0.4) is 0 Å². The summed E-state index contributed by atoms with van der Waals surface area (Å²) in [5.41, 5.74) is 1.29. The molecule has 1 amide bonds. The number of benzene rings is 1. The molecule has 1 aliphatic heterocycles. The number of carbonyl (C=O) groups is 1. The molecule has 0 bridgehead atoms. The van der Waals surface area contributed by atoms with E-state index in [1.807, 2.05) is 18.2 Å². The molecule has 3 rings (SSSR count). The molecule has 1 fully saturated rings. The molecule has 1 aromatic carbocycles. The first kappa shape index (κ1) is 14.2. The van der Waals surface area contributed by atoms with Crippen molar-refractivity contribution in [2.45, 2.75) is 19.0 Å². The van der Waals surface area contributed by atoms with Crippen LogP contribution in [0.5, 0.6) is 0 Å². The molecule has 1 aromatic heterocycles. The number of amides is 1. The monoisotopic (exact) mass is 304 g/mol. The molecule has 21 heavy (non-hydrogen) atoms. The summed E-state index contributed by atoms with van der Waals surface area (Å²) in [6.45, 7) is 2.76. The third-order valence-electron chi connectivity index (χ3n) is 3.65. The lowest BCUT2D eigenvalue weighted by atomic mass is 10.2. The largest absolute Gasteiger partial charge is 0.440 e. The van der Waals surface area contributed by atoms with E-state index in [2.05, 4.69) is 22.3 Å². The third kappa shape index (κ3) is 3.65. The predicted octanol–water partition coefficient (Wildman–Crippen LogP) is 2.94. The Morgan fingerprint density at radius 2 is 2.10 bits per heavy atom. The average molecular weight is 305 g/mol. The van der Waals surface area contributed by atoms with E-state index in [0.29, 0.717) is 0 Å².